The second kappa shape index (κ2) is 8.85. The first kappa shape index (κ1) is 21.9. The summed E-state index contributed by atoms with van der Waals surface area (Å²) in [6.45, 7) is 0. The van der Waals surface area contributed by atoms with E-state index in [0.717, 1.165) is 44.2 Å². The number of rotatable bonds is 5. The number of H-pyrrole nitrogens is 1. The minimum atomic E-state index is -1.57. The van der Waals surface area contributed by atoms with Crippen LogP contribution in [0.1, 0.15) is 10.4 Å². The predicted molar refractivity (Wildman–Crippen MR) is 145 cm³/mol. The SMILES string of the molecule is O=C(Nc1cccc(Nc2c3ccccc3nc3c2[nH]c2ccccc23)c1)c1ccc(B(O)O)cc1. The van der Waals surface area contributed by atoms with Crippen molar-refractivity contribution < 1.29 is 14.8 Å². The first-order valence-electron chi connectivity index (χ1n) is 11.5. The van der Waals surface area contributed by atoms with Crippen molar-refractivity contribution in [3.63, 3.8) is 0 Å². The van der Waals surface area contributed by atoms with Crippen molar-refractivity contribution in [3.05, 3.63) is 103 Å². The van der Waals surface area contributed by atoms with Gasteiger partial charge in [-0.15, -0.1) is 0 Å². The van der Waals surface area contributed by atoms with Gasteiger partial charge < -0.3 is 25.7 Å². The molecule has 0 unspecified atom stereocenters. The Labute approximate surface area is 206 Å². The van der Waals surface area contributed by atoms with E-state index in [1.165, 1.54) is 12.1 Å². The molecule has 6 rings (SSSR count). The fraction of sp³-hybridized carbons (Fsp3) is 0. The van der Waals surface area contributed by atoms with Gasteiger partial charge in [0.25, 0.3) is 5.91 Å². The fourth-order valence-corrected chi connectivity index (χ4v) is 4.42. The number of aromatic nitrogens is 2. The zero-order valence-corrected chi connectivity index (χ0v) is 19.1. The number of nitrogens with zero attached hydrogens (tertiary/aromatic N) is 1. The lowest BCUT2D eigenvalue weighted by molar-refractivity contribution is 0.102. The Balaban J connectivity index is 1.35. The topological polar surface area (TPSA) is 110 Å². The van der Waals surface area contributed by atoms with Crippen molar-refractivity contribution in [2.24, 2.45) is 0 Å². The number of pyridine rings is 1. The molecule has 174 valence electrons. The minimum Gasteiger partial charge on any atom is -0.423 e. The van der Waals surface area contributed by atoms with Crippen molar-refractivity contribution >= 4 is 68.4 Å². The fourth-order valence-electron chi connectivity index (χ4n) is 4.42. The Kier molecular flexibility index (Phi) is 5.37. The highest BCUT2D eigenvalue weighted by Gasteiger charge is 2.15. The molecule has 1 amide bonds. The van der Waals surface area contributed by atoms with Crippen molar-refractivity contribution in [3.8, 4) is 0 Å². The van der Waals surface area contributed by atoms with Crippen LogP contribution in [-0.4, -0.2) is 33.0 Å². The molecule has 0 aliphatic carbocycles. The summed E-state index contributed by atoms with van der Waals surface area (Å²) in [5.74, 6) is -0.293. The van der Waals surface area contributed by atoms with Crippen LogP contribution in [0.4, 0.5) is 17.1 Å². The summed E-state index contributed by atoms with van der Waals surface area (Å²) < 4.78 is 0. The molecule has 4 aromatic carbocycles. The number of nitrogens with one attached hydrogen (secondary N) is 3. The van der Waals surface area contributed by atoms with Crippen LogP contribution in [0.15, 0.2) is 97.1 Å². The third-order valence-corrected chi connectivity index (χ3v) is 6.20. The van der Waals surface area contributed by atoms with Crippen LogP contribution in [0.2, 0.25) is 0 Å². The lowest BCUT2D eigenvalue weighted by Crippen LogP contribution is -2.29. The van der Waals surface area contributed by atoms with Gasteiger partial charge in [-0.3, -0.25) is 4.79 Å². The van der Waals surface area contributed by atoms with Gasteiger partial charge in [0, 0.05) is 33.2 Å². The average Bonchev–Trinajstić information content (AvgIpc) is 3.27. The number of carbonyl (C=O) groups is 1. The number of carbonyl (C=O) groups excluding carboxylic acids is 1. The number of anilines is 3. The molecular formula is C28H21BN4O3. The van der Waals surface area contributed by atoms with E-state index in [2.05, 4.69) is 21.7 Å². The van der Waals surface area contributed by atoms with E-state index < -0.39 is 7.12 Å². The lowest BCUT2D eigenvalue weighted by Gasteiger charge is -2.13. The summed E-state index contributed by atoms with van der Waals surface area (Å²) in [4.78, 5) is 21.2. The number of hydrogen-bond donors (Lipinski definition) is 5. The number of benzene rings is 4. The molecule has 2 aromatic heterocycles. The molecule has 7 nitrogen and oxygen atoms in total. The third-order valence-electron chi connectivity index (χ3n) is 6.20. The van der Waals surface area contributed by atoms with Gasteiger partial charge in [0.1, 0.15) is 0 Å². The number of amides is 1. The normalized spacial score (nSPS) is 11.2. The Morgan fingerprint density at radius 1 is 0.806 bits per heavy atom. The van der Waals surface area contributed by atoms with Crippen molar-refractivity contribution in [2.45, 2.75) is 0 Å². The van der Waals surface area contributed by atoms with Crippen LogP contribution in [0.3, 0.4) is 0 Å². The highest BCUT2D eigenvalue weighted by Crippen LogP contribution is 2.36. The van der Waals surface area contributed by atoms with E-state index >= 15 is 0 Å². The summed E-state index contributed by atoms with van der Waals surface area (Å²) in [5.41, 5.74) is 6.79. The highest BCUT2D eigenvalue weighted by molar-refractivity contribution is 6.58. The molecule has 8 heteroatoms. The predicted octanol–water partition coefficient (Wildman–Crippen LogP) is 4.55. The van der Waals surface area contributed by atoms with Crippen LogP contribution < -0.4 is 16.1 Å². The Bertz CT molecular complexity index is 1750. The maximum Gasteiger partial charge on any atom is 0.488 e. The summed E-state index contributed by atoms with van der Waals surface area (Å²) in [7, 11) is -1.57. The number of fused-ring (bicyclic) bond motifs is 4. The van der Waals surface area contributed by atoms with Gasteiger partial charge in [-0.25, -0.2) is 4.98 Å². The second-order valence-corrected chi connectivity index (χ2v) is 8.55. The van der Waals surface area contributed by atoms with E-state index in [1.54, 1.807) is 12.1 Å². The van der Waals surface area contributed by atoms with Gasteiger partial charge in [0.2, 0.25) is 0 Å². The molecule has 0 bridgehead atoms. The molecule has 0 aliphatic heterocycles. The van der Waals surface area contributed by atoms with Crippen LogP contribution >= 0.6 is 0 Å². The van der Waals surface area contributed by atoms with Gasteiger partial charge in [-0.2, -0.15) is 0 Å². The molecule has 0 atom stereocenters. The maximum absolute atomic E-state index is 12.7. The van der Waals surface area contributed by atoms with Gasteiger partial charge in [0.15, 0.2) is 0 Å². The van der Waals surface area contributed by atoms with Crippen LogP contribution in [-0.2, 0) is 0 Å². The lowest BCUT2D eigenvalue weighted by atomic mass is 9.80. The highest BCUT2D eigenvalue weighted by atomic mass is 16.4. The largest absolute Gasteiger partial charge is 0.488 e. The van der Waals surface area contributed by atoms with Gasteiger partial charge in [-0.1, -0.05) is 54.6 Å². The second-order valence-electron chi connectivity index (χ2n) is 8.55. The van der Waals surface area contributed by atoms with Gasteiger partial charge >= 0.3 is 7.12 Å². The van der Waals surface area contributed by atoms with Crippen molar-refractivity contribution in [1.82, 2.24) is 9.97 Å². The van der Waals surface area contributed by atoms with E-state index in [1.807, 2.05) is 66.7 Å². The summed E-state index contributed by atoms with van der Waals surface area (Å²) >= 11 is 0. The smallest absolute Gasteiger partial charge is 0.423 e. The molecule has 0 spiro atoms. The first-order valence-corrected chi connectivity index (χ1v) is 11.5. The Hall–Kier alpha value is -4.66. The zero-order valence-electron chi connectivity index (χ0n) is 19.1. The quantitative estimate of drug-likeness (QED) is 0.237. The third kappa shape index (κ3) is 3.94. The Morgan fingerprint density at radius 3 is 2.33 bits per heavy atom. The molecule has 2 heterocycles. The molecule has 36 heavy (non-hydrogen) atoms. The molecule has 0 aliphatic rings. The number of para-hydroxylation sites is 2. The van der Waals surface area contributed by atoms with E-state index in [9.17, 15) is 14.8 Å². The first-order chi connectivity index (χ1) is 17.6. The summed E-state index contributed by atoms with van der Waals surface area (Å²) in [6.07, 6.45) is 0. The van der Waals surface area contributed by atoms with Crippen molar-refractivity contribution in [2.75, 3.05) is 10.6 Å². The van der Waals surface area contributed by atoms with Gasteiger partial charge in [0.05, 0.1) is 22.2 Å². The monoisotopic (exact) mass is 472 g/mol. The molecule has 0 fully saturated rings. The van der Waals surface area contributed by atoms with Crippen molar-refractivity contribution in [1.29, 1.82) is 0 Å². The van der Waals surface area contributed by atoms with E-state index in [4.69, 9.17) is 4.98 Å². The number of hydrogen-bond acceptors (Lipinski definition) is 5. The molecule has 6 aromatic rings. The molecule has 0 saturated carbocycles. The summed E-state index contributed by atoms with van der Waals surface area (Å²) in [5, 5.41) is 27.0. The standard InChI is InChI=1S/C28H21BN4O3/c34-28(17-12-14-18(15-13-17)29(35)36)31-20-7-5-6-19(16-20)30-25-21-8-1-3-10-23(21)32-26-22-9-2-4-11-24(22)33-27(25)26/h1-16,33,35-36H,(H,30,32)(H,31,34). The van der Waals surface area contributed by atoms with Crippen LogP contribution in [0.5, 0.6) is 0 Å². The zero-order chi connectivity index (χ0) is 24.6. The van der Waals surface area contributed by atoms with Gasteiger partial charge in [-0.05, 0) is 47.9 Å². The molecule has 0 saturated heterocycles. The van der Waals surface area contributed by atoms with Crippen LogP contribution in [0.25, 0.3) is 32.8 Å². The average molecular weight is 472 g/mol. The Morgan fingerprint density at radius 2 is 1.53 bits per heavy atom. The van der Waals surface area contributed by atoms with Crippen LogP contribution in [0, 0.1) is 0 Å². The van der Waals surface area contributed by atoms with E-state index in [0.29, 0.717) is 16.7 Å². The molecule has 5 N–H and O–H groups in total. The maximum atomic E-state index is 12.7. The minimum absolute atomic E-state index is 0.293. The summed E-state index contributed by atoms with van der Waals surface area (Å²) in [6, 6.07) is 29.7. The molecule has 0 radical (unpaired) electrons. The number of aromatic amines is 1. The van der Waals surface area contributed by atoms with E-state index in [-0.39, 0.29) is 5.91 Å². The molecular weight excluding hydrogens is 451 g/mol.